The first-order chi connectivity index (χ1) is 6.70. The molecule has 0 aromatic heterocycles. The fourth-order valence-electron chi connectivity index (χ4n) is 1.15. The van der Waals surface area contributed by atoms with Crippen LogP contribution in [0.4, 0.5) is 5.69 Å². The third-order valence-corrected chi connectivity index (χ3v) is 2.98. The summed E-state index contributed by atoms with van der Waals surface area (Å²) in [5, 5.41) is 0. The summed E-state index contributed by atoms with van der Waals surface area (Å²) in [5.41, 5.74) is 0.584. The molecule has 1 aliphatic rings. The van der Waals surface area contributed by atoms with Gasteiger partial charge < -0.3 is 0 Å². The van der Waals surface area contributed by atoms with E-state index in [2.05, 4.69) is 4.40 Å². The highest BCUT2D eigenvalue weighted by atomic mass is 32.2. The van der Waals surface area contributed by atoms with Gasteiger partial charge in [0.05, 0.1) is 5.69 Å². The Labute approximate surface area is 82.4 Å². The predicted octanol–water partition coefficient (Wildman–Crippen LogP) is 1.34. The molecule has 72 valence electrons. The Morgan fingerprint density at radius 2 is 1.86 bits per heavy atom. The Morgan fingerprint density at radius 3 is 2.50 bits per heavy atom. The van der Waals surface area contributed by atoms with Gasteiger partial charge in [0.15, 0.2) is 0 Å². The fourth-order valence-corrected chi connectivity index (χ4v) is 2.09. The summed E-state index contributed by atoms with van der Waals surface area (Å²) in [6, 6.07) is 8.80. The van der Waals surface area contributed by atoms with E-state index < -0.39 is 10.2 Å². The minimum atomic E-state index is -3.56. The lowest BCUT2D eigenvalue weighted by Crippen LogP contribution is -2.25. The van der Waals surface area contributed by atoms with Gasteiger partial charge >= 0.3 is 10.2 Å². The van der Waals surface area contributed by atoms with E-state index in [0.717, 1.165) is 4.31 Å². The molecule has 0 radical (unpaired) electrons. The maximum Gasteiger partial charge on any atom is 0.348 e. The second-order valence-electron chi connectivity index (χ2n) is 2.71. The van der Waals surface area contributed by atoms with E-state index in [1.54, 1.807) is 30.3 Å². The molecule has 0 amide bonds. The summed E-state index contributed by atoms with van der Waals surface area (Å²) in [6.45, 7) is 0. The third-order valence-electron chi connectivity index (χ3n) is 1.76. The summed E-state index contributed by atoms with van der Waals surface area (Å²) >= 11 is 0. The van der Waals surface area contributed by atoms with Crippen molar-refractivity contribution in [1.82, 2.24) is 0 Å². The van der Waals surface area contributed by atoms with Gasteiger partial charge in [0.1, 0.15) is 0 Å². The molecule has 4 nitrogen and oxygen atoms in total. The number of hydrogen-bond acceptors (Lipinski definition) is 2. The van der Waals surface area contributed by atoms with Crippen LogP contribution < -0.4 is 4.31 Å². The van der Waals surface area contributed by atoms with Crippen molar-refractivity contribution < 1.29 is 8.42 Å². The van der Waals surface area contributed by atoms with E-state index in [0.29, 0.717) is 5.69 Å². The van der Waals surface area contributed by atoms with Crippen molar-refractivity contribution >= 4 is 22.1 Å². The van der Waals surface area contributed by atoms with E-state index in [9.17, 15) is 8.42 Å². The van der Waals surface area contributed by atoms with Gasteiger partial charge in [-0.3, -0.25) is 0 Å². The molecular weight excluding hydrogens is 200 g/mol. The minimum Gasteiger partial charge on any atom is -0.227 e. The van der Waals surface area contributed by atoms with Crippen molar-refractivity contribution in [2.45, 2.75) is 0 Å². The normalized spacial score (nSPS) is 18.4. The predicted molar refractivity (Wildman–Crippen MR) is 55.5 cm³/mol. The highest BCUT2D eigenvalue weighted by Crippen LogP contribution is 2.20. The molecule has 0 atom stereocenters. The summed E-state index contributed by atoms with van der Waals surface area (Å²) < 4.78 is 27.5. The molecule has 0 saturated heterocycles. The molecule has 0 aliphatic carbocycles. The Balaban J connectivity index is 2.46. The summed E-state index contributed by atoms with van der Waals surface area (Å²) in [4.78, 5) is 0. The van der Waals surface area contributed by atoms with Crippen molar-refractivity contribution in [2.24, 2.45) is 4.40 Å². The smallest absolute Gasteiger partial charge is 0.227 e. The lowest BCUT2D eigenvalue weighted by molar-refractivity contribution is 0.597. The van der Waals surface area contributed by atoms with Crippen molar-refractivity contribution in [3.63, 3.8) is 0 Å². The molecular formula is C9H8N2O2S. The Morgan fingerprint density at radius 1 is 1.14 bits per heavy atom. The first-order valence-electron chi connectivity index (χ1n) is 4.02. The Bertz CT molecular complexity index is 477. The number of nitrogens with zero attached hydrogens (tertiary/aromatic N) is 2. The van der Waals surface area contributed by atoms with Crippen LogP contribution in [0.5, 0.6) is 0 Å². The highest BCUT2D eigenvalue weighted by Gasteiger charge is 2.19. The van der Waals surface area contributed by atoms with Crippen molar-refractivity contribution in [3.05, 3.63) is 42.6 Å². The van der Waals surface area contributed by atoms with Crippen LogP contribution in [-0.4, -0.2) is 14.6 Å². The maximum absolute atomic E-state index is 11.5. The lowest BCUT2D eigenvalue weighted by Gasteiger charge is -2.18. The van der Waals surface area contributed by atoms with Gasteiger partial charge in [-0.05, 0) is 18.2 Å². The first kappa shape index (κ1) is 8.96. The van der Waals surface area contributed by atoms with E-state index >= 15 is 0 Å². The van der Waals surface area contributed by atoms with Crippen molar-refractivity contribution in [3.8, 4) is 0 Å². The molecule has 1 heterocycles. The molecule has 0 unspecified atom stereocenters. The number of rotatable bonds is 1. The molecule has 1 aromatic carbocycles. The molecule has 5 heteroatoms. The minimum absolute atomic E-state index is 0.584. The molecule has 14 heavy (non-hydrogen) atoms. The van der Waals surface area contributed by atoms with Crippen LogP contribution in [0.25, 0.3) is 0 Å². The van der Waals surface area contributed by atoms with Gasteiger partial charge in [0, 0.05) is 12.4 Å². The SMILES string of the molecule is O=S1(=O)N=CC=CN1c1ccccc1. The van der Waals surface area contributed by atoms with Gasteiger partial charge in [-0.1, -0.05) is 18.2 Å². The van der Waals surface area contributed by atoms with Crippen LogP contribution in [0.2, 0.25) is 0 Å². The number of benzene rings is 1. The average molecular weight is 208 g/mol. The van der Waals surface area contributed by atoms with Crippen LogP contribution in [0.1, 0.15) is 0 Å². The Kier molecular flexibility index (Phi) is 2.09. The zero-order chi connectivity index (χ0) is 10.0. The number of para-hydroxylation sites is 1. The zero-order valence-corrected chi connectivity index (χ0v) is 8.05. The summed E-state index contributed by atoms with van der Waals surface area (Å²) in [7, 11) is -3.56. The molecule has 0 spiro atoms. The van der Waals surface area contributed by atoms with Gasteiger partial charge in [-0.2, -0.15) is 12.8 Å². The van der Waals surface area contributed by atoms with Gasteiger partial charge in [-0.25, -0.2) is 4.31 Å². The first-order valence-corrected chi connectivity index (χ1v) is 5.41. The van der Waals surface area contributed by atoms with Crippen molar-refractivity contribution in [2.75, 3.05) is 4.31 Å². The Hall–Kier alpha value is -1.62. The van der Waals surface area contributed by atoms with E-state index in [-0.39, 0.29) is 0 Å². The standard InChI is InChI=1S/C9H8N2O2S/c12-14(13)10-7-4-8-11(14)9-5-2-1-3-6-9/h1-8H. The van der Waals surface area contributed by atoms with E-state index in [1.807, 2.05) is 6.07 Å². The van der Waals surface area contributed by atoms with Crippen LogP contribution in [0.15, 0.2) is 47.0 Å². The van der Waals surface area contributed by atoms with Crippen LogP contribution in [0, 0.1) is 0 Å². The maximum atomic E-state index is 11.5. The molecule has 0 N–H and O–H groups in total. The lowest BCUT2D eigenvalue weighted by atomic mass is 10.3. The highest BCUT2D eigenvalue weighted by molar-refractivity contribution is 7.91. The van der Waals surface area contributed by atoms with Crippen LogP contribution >= 0.6 is 0 Å². The summed E-state index contributed by atoms with van der Waals surface area (Å²) in [5.74, 6) is 0. The summed E-state index contributed by atoms with van der Waals surface area (Å²) in [6.07, 6.45) is 4.31. The molecule has 0 bridgehead atoms. The molecule has 1 aliphatic heterocycles. The van der Waals surface area contributed by atoms with Crippen LogP contribution in [-0.2, 0) is 10.2 Å². The molecule has 2 rings (SSSR count). The van der Waals surface area contributed by atoms with Crippen LogP contribution in [0.3, 0.4) is 0 Å². The van der Waals surface area contributed by atoms with E-state index in [4.69, 9.17) is 0 Å². The quantitative estimate of drug-likeness (QED) is 0.699. The number of anilines is 1. The van der Waals surface area contributed by atoms with Crippen molar-refractivity contribution in [1.29, 1.82) is 0 Å². The molecule has 1 aromatic rings. The largest absolute Gasteiger partial charge is 0.348 e. The second-order valence-corrected chi connectivity index (χ2v) is 4.21. The number of hydrogen-bond donors (Lipinski definition) is 0. The third kappa shape index (κ3) is 1.54. The van der Waals surface area contributed by atoms with Gasteiger partial charge in [-0.15, -0.1) is 0 Å². The fraction of sp³-hybridized carbons (Fsp3) is 0. The van der Waals surface area contributed by atoms with Gasteiger partial charge in [0.25, 0.3) is 0 Å². The second kappa shape index (κ2) is 3.26. The molecule has 0 saturated carbocycles. The molecule has 0 fully saturated rings. The number of allylic oxidation sites excluding steroid dienone is 1. The zero-order valence-electron chi connectivity index (χ0n) is 7.24. The van der Waals surface area contributed by atoms with E-state index in [1.165, 1.54) is 12.4 Å². The average Bonchev–Trinajstić information content (AvgIpc) is 2.18. The van der Waals surface area contributed by atoms with Gasteiger partial charge in [0.2, 0.25) is 0 Å². The topological polar surface area (TPSA) is 49.7 Å². The monoisotopic (exact) mass is 208 g/mol.